The van der Waals surface area contributed by atoms with Gasteiger partial charge in [-0.1, -0.05) is 13.0 Å². The fourth-order valence-electron chi connectivity index (χ4n) is 2.09. The minimum atomic E-state index is -4.76. The van der Waals surface area contributed by atoms with Crippen LogP contribution in [0.25, 0.3) is 0 Å². The summed E-state index contributed by atoms with van der Waals surface area (Å²) in [5, 5.41) is 0. The lowest BCUT2D eigenvalue weighted by Gasteiger charge is -2.14. The van der Waals surface area contributed by atoms with E-state index in [9.17, 15) is 22.4 Å². The van der Waals surface area contributed by atoms with Gasteiger partial charge in [-0.2, -0.15) is 13.2 Å². The Kier molecular flexibility index (Phi) is 3.62. The van der Waals surface area contributed by atoms with E-state index in [1.807, 2.05) is 6.92 Å². The third-order valence-corrected chi connectivity index (χ3v) is 3.20. The highest BCUT2D eigenvalue weighted by Gasteiger charge is 2.36. The molecule has 0 radical (unpaired) electrons. The smallest absolute Gasteiger partial charge is 0.370 e. The molecule has 1 aromatic rings. The number of carbonyl (C=O) groups is 1. The second kappa shape index (κ2) is 4.92. The van der Waals surface area contributed by atoms with Crippen molar-refractivity contribution in [1.82, 2.24) is 0 Å². The summed E-state index contributed by atoms with van der Waals surface area (Å²) < 4.78 is 55.8. The van der Waals surface area contributed by atoms with E-state index in [4.69, 9.17) is 4.74 Å². The molecular formula is C13H12F4O2. The van der Waals surface area contributed by atoms with Crippen LogP contribution in [0.2, 0.25) is 0 Å². The number of hydrogen-bond acceptors (Lipinski definition) is 2. The molecule has 2 rings (SSSR count). The molecule has 1 aliphatic heterocycles. The summed E-state index contributed by atoms with van der Waals surface area (Å²) in [5.41, 5.74) is -1.46. The van der Waals surface area contributed by atoms with E-state index in [0.29, 0.717) is 25.2 Å². The number of carbonyl (C=O) groups excluding carboxylic acids is 1. The molecule has 19 heavy (non-hydrogen) atoms. The van der Waals surface area contributed by atoms with Crippen LogP contribution < -0.4 is 0 Å². The number of halogens is 4. The van der Waals surface area contributed by atoms with E-state index < -0.39 is 29.4 Å². The van der Waals surface area contributed by atoms with Gasteiger partial charge in [0.1, 0.15) is 11.9 Å². The third kappa shape index (κ3) is 2.78. The molecule has 2 nitrogen and oxygen atoms in total. The average Bonchev–Trinajstić information content (AvgIpc) is 2.72. The Bertz CT molecular complexity index is 496. The number of hydrogen-bond donors (Lipinski definition) is 0. The maximum Gasteiger partial charge on any atom is 0.419 e. The maximum atomic E-state index is 13.4. The average molecular weight is 276 g/mol. The first-order valence-corrected chi connectivity index (χ1v) is 5.83. The van der Waals surface area contributed by atoms with Crippen LogP contribution in [0.5, 0.6) is 0 Å². The summed E-state index contributed by atoms with van der Waals surface area (Å²) in [6, 6.07) is 2.20. The van der Waals surface area contributed by atoms with Crippen LogP contribution in [0.1, 0.15) is 29.3 Å². The fraction of sp³-hybridized carbons (Fsp3) is 0.462. The highest BCUT2D eigenvalue weighted by Crippen LogP contribution is 2.32. The van der Waals surface area contributed by atoms with E-state index in [0.717, 1.165) is 6.07 Å². The van der Waals surface area contributed by atoms with Gasteiger partial charge in [0, 0.05) is 12.2 Å². The summed E-state index contributed by atoms with van der Waals surface area (Å²) in [7, 11) is 0. The van der Waals surface area contributed by atoms with Crippen LogP contribution in [-0.2, 0) is 10.9 Å². The fourth-order valence-corrected chi connectivity index (χ4v) is 2.09. The lowest BCUT2D eigenvalue weighted by molar-refractivity contribution is -0.140. The van der Waals surface area contributed by atoms with Gasteiger partial charge < -0.3 is 4.74 Å². The zero-order valence-electron chi connectivity index (χ0n) is 10.1. The van der Waals surface area contributed by atoms with E-state index in [1.54, 1.807) is 0 Å². The largest absolute Gasteiger partial charge is 0.419 e. The second-order valence-electron chi connectivity index (χ2n) is 4.61. The van der Waals surface area contributed by atoms with Crippen LogP contribution in [0.3, 0.4) is 0 Å². The molecule has 0 bridgehead atoms. The minimum Gasteiger partial charge on any atom is -0.370 e. The summed E-state index contributed by atoms with van der Waals surface area (Å²) in [5.74, 6) is -1.93. The molecular weight excluding hydrogens is 264 g/mol. The van der Waals surface area contributed by atoms with Crippen molar-refractivity contribution in [2.75, 3.05) is 6.61 Å². The van der Waals surface area contributed by atoms with Crippen LogP contribution in [0, 0.1) is 11.7 Å². The van der Waals surface area contributed by atoms with Crippen LogP contribution >= 0.6 is 0 Å². The Morgan fingerprint density at radius 3 is 2.53 bits per heavy atom. The Labute approximate surface area is 107 Å². The van der Waals surface area contributed by atoms with Gasteiger partial charge in [0.25, 0.3) is 0 Å². The zero-order chi connectivity index (χ0) is 14.2. The topological polar surface area (TPSA) is 26.3 Å². The predicted octanol–water partition coefficient (Wildman–Crippen LogP) is 3.45. The molecule has 0 aliphatic carbocycles. The standard InChI is InChI=1S/C13H12F4O2/c1-7-4-5-19-12(7)11(18)8-2-3-9(10(14)6-8)13(15,16)17/h2-3,6-7,12H,4-5H2,1H3. The molecule has 1 aliphatic rings. The van der Waals surface area contributed by atoms with Gasteiger partial charge in [-0.05, 0) is 24.5 Å². The first-order valence-electron chi connectivity index (χ1n) is 5.83. The zero-order valence-corrected chi connectivity index (χ0v) is 10.1. The second-order valence-corrected chi connectivity index (χ2v) is 4.61. The van der Waals surface area contributed by atoms with Crippen molar-refractivity contribution in [2.24, 2.45) is 5.92 Å². The number of ether oxygens (including phenoxy) is 1. The Hall–Kier alpha value is -1.43. The number of Topliss-reactive ketones (excluding diaryl/α,β-unsaturated/α-hetero) is 1. The first-order chi connectivity index (χ1) is 8.80. The van der Waals surface area contributed by atoms with Crippen molar-refractivity contribution >= 4 is 5.78 Å². The molecule has 2 unspecified atom stereocenters. The van der Waals surface area contributed by atoms with E-state index in [2.05, 4.69) is 0 Å². The summed E-state index contributed by atoms with van der Waals surface area (Å²) in [6.45, 7) is 2.25. The highest BCUT2D eigenvalue weighted by molar-refractivity contribution is 5.99. The van der Waals surface area contributed by atoms with E-state index in [-0.39, 0.29) is 11.5 Å². The van der Waals surface area contributed by atoms with Gasteiger partial charge >= 0.3 is 6.18 Å². The molecule has 0 amide bonds. The van der Waals surface area contributed by atoms with E-state index >= 15 is 0 Å². The van der Waals surface area contributed by atoms with Gasteiger partial charge in [-0.15, -0.1) is 0 Å². The summed E-state index contributed by atoms with van der Waals surface area (Å²) in [4.78, 5) is 12.0. The normalized spacial score (nSPS) is 23.6. The van der Waals surface area contributed by atoms with Gasteiger partial charge in [0.05, 0.1) is 5.56 Å². The summed E-state index contributed by atoms with van der Waals surface area (Å²) >= 11 is 0. The quantitative estimate of drug-likeness (QED) is 0.611. The Balaban J connectivity index is 2.27. The van der Waals surface area contributed by atoms with Crippen molar-refractivity contribution in [3.05, 3.63) is 35.1 Å². The Morgan fingerprint density at radius 1 is 1.37 bits per heavy atom. The highest BCUT2D eigenvalue weighted by atomic mass is 19.4. The maximum absolute atomic E-state index is 13.4. The van der Waals surface area contributed by atoms with Gasteiger partial charge in [-0.25, -0.2) is 4.39 Å². The molecule has 1 heterocycles. The van der Waals surface area contributed by atoms with Gasteiger partial charge in [0.15, 0.2) is 5.78 Å². The Morgan fingerprint density at radius 2 is 2.05 bits per heavy atom. The van der Waals surface area contributed by atoms with Gasteiger partial charge in [-0.3, -0.25) is 4.79 Å². The lowest BCUT2D eigenvalue weighted by Crippen LogP contribution is -2.25. The first kappa shape index (κ1) is 14.0. The van der Waals surface area contributed by atoms with Crippen LogP contribution in [0.15, 0.2) is 18.2 Å². The molecule has 0 saturated carbocycles. The molecule has 6 heteroatoms. The molecule has 2 atom stereocenters. The molecule has 1 aromatic carbocycles. The van der Waals surface area contributed by atoms with Crippen molar-refractivity contribution < 1.29 is 27.1 Å². The number of ketones is 1. The third-order valence-electron chi connectivity index (χ3n) is 3.20. The number of rotatable bonds is 2. The summed E-state index contributed by atoms with van der Waals surface area (Å²) in [6.07, 6.45) is -4.75. The number of alkyl halides is 3. The molecule has 104 valence electrons. The van der Waals surface area contributed by atoms with Crippen molar-refractivity contribution in [3.8, 4) is 0 Å². The monoisotopic (exact) mass is 276 g/mol. The van der Waals surface area contributed by atoms with Crippen molar-refractivity contribution in [3.63, 3.8) is 0 Å². The minimum absolute atomic E-state index is 0.0159. The van der Waals surface area contributed by atoms with Crippen molar-refractivity contribution in [2.45, 2.75) is 25.6 Å². The molecule has 0 N–H and O–H groups in total. The molecule has 1 fully saturated rings. The lowest BCUT2D eigenvalue weighted by atomic mass is 9.95. The molecule has 1 saturated heterocycles. The molecule has 0 aromatic heterocycles. The van der Waals surface area contributed by atoms with E-state index in [1.165, 1.54) is 0 Å². The van der Waals surface area contributed by atoms with Gasteiger partial charge in [0.2, 0.25) is 0 Å². The SMILES string of the molecule is CC1CCOC1C(=O)c1ccc(C(F)(F)F)c(F)c1. The van der Waals surface area contributed by atoms with Crippen LogP contribution in [0.4, 0.5) is 17.6 Å². The van der Waals surface area contributed by atoms with Crippen molar-refractivity contribution in [1.29, 1.82) is 0 Å². The predicted molar refractivity (Wildman–Crippen MR) is 59.3 cm³/mol. The molecule has 0 spiro atoms. The van der Waals surface area contributed by atoms with Crippen LogP contribution in [-0.4, -0.2) is 18.5 Å². The number of benzene rings is 1.